The topological polar surface area (TPSA) is 92.9 Å². The van der Waals surface area contributed by atoms with E-state index in [0.29, 0.717) is 5.92 Å². The van der Waals surface area contributed by atoms with Crippen LogP contribution in [0.2, 0.25) is 0 Å². The van der Waals surface area contributed by atoms with Crippen LogP contribution >= 0.6 is 0 Å². The molecular formula is C11H18N2O4. The molecule has 6 nitrogen and oxygen atoms in total. The SMILES string of the molecule is NC(=O)CC(O)C(=O)OC1CN2CCC1CC2. The van der Waals surface area contributed by atoms with Gasteiger partial charge in [0.2, 0.25) is 5.91 Å². The number of carbonyl (C=O) groups excluding carboxylic acids is 2. The predicted molar refractivity (Wildman–Crippen MR) is 58.9 cm³/mol. The van der Waals surface area contributed by atoms with Crippen molar-refractivity contribution in [3.8, 4) is 0 Å². The van der Waals surface area contributed by atoms with Crippen molar-refractivity contribution in [1.29, 1.82) is 0 Å². The summed E-state index contributed by atoms with van der Waals surface area (Å²) in [5, 5.41) is 9.40. The molecule has 3 N–H and O–H groups in total. The van der Waals surface area contributed by atoms with Crippen LogP contribution in [-0.4, -0.2) is 53.7 Å². The lowest BCUT2D eigenvalue weighted by molar-refractivity contribution is -0.169. The number of amides is 1. The lowest BCUT2D eigenvalue weighted by atomic mass is 9.86. The molecule has 0 radical (unpaired) electrons. The van der Waals surface area contributed by atoms with E-state index in [4.69, 9.17) is 10.5 Å². The number of hydrogen-bond acceptors (Lipinski definition) is 5. The van der Waals surface area contributed by atoms with E-state index in [-0.39, 0.29) is 12.5 Å². The summed E-state index contributed by atoms with van der Waals surface area (Å²) in [6.45, 7) is 2.85. The van der Waals surface area contributed by atoms with Crippen molar-refractivity contribution in [2.45, 2.75) is 31.5 Å². The Hall–Kier alpha value is -1.14. The maximum Gasteiger partial charge on any atom is 0.335 e. The van der Waals surface area contributed by atoms with Crippen LogP contribution < -0.4 is 5.73 Å². The minimum Gasteiger partial charge on any atom is -0.459 e. The number of ether oxygens (including phenoxy) is 1. The smallest absolute Gasteiger partial charge is 0.335 e. The molecule has 2 bridgehead atoms. The third-order valence-electron chi connectivity index (χ3n) is 3.53. The van der Waals surface area contributed by atoms with E-state index in [2.05, 4.69) is 4.90 Å². The van der Waals surface area contributed by atoms with Gasteiger partial charge in [0.05, 0.1) is 6.42 Å². The molecule has 3 aliphatic rings. The van der Waals surface area contributed by atoms with Gasteiger partial charge in [-0.05, 0) is 31.8 Å². The molecule has 2 atom stereocenters. The van der Waals surface area contributed by atoms with Crippen molar-refractivity contribution in [1.82, 2.24) is 4.90 Å². The van der Waals surface area contributed by atoms with Gasteiger partial charge in [-0.25, -0.2) is 4.79 Å². The van der Waals surface area contributed by atoms with E-state index < -0.39 is 18.0 Å². The highest BCUT2D eigenvalue weighted by Gasteiger charge is 2.37. The van der Waals surface area contributed by atoms with Crippen molar-refractivity contribution in [2.75, 3.05) is 19.6 Å². The van der Waals surface area contributed by atoms with Gasteiger partial charge in [-0.3, -0.25) is 9.69 Å². The molecule has 0 aromatic rings. The zero-order chi connectivity index (χ0) is 12.4. The average molecular weight is 242 g/mol. The highest BCUT2D eigenvalue weighted by Crippen LogP contribution is 2.29. The molecular weight excluding hydrogens is 224 g/mol. The Kier molecular flexibility index (Phi) is 3.63. The summed E-state index contributed by atoms with van der Waals surface area (Å²) in [7, 11) is 0. The zero-order valence-electron chi connectivity index (χ0n) is 9.67. The van der Waals surface area contributed by atoms with Crippen LogP contribution in [0.1, 0.15) is 19.3 Å². The number of nitrogens with two attached hydrogens (primary N) is 1. The molecule has 96 valence electrons. The Labute approximate surface area is 99.7 Å². The Morgan fingerprint density at radius 3 is 2.53 bits per heavy atom. The molecule has 17 heavy (non-hydrogen) atoms. The van der Waals surface area contributed by atoms with Crippen molar-refractivity contribution < 1.29 is 19.4 Å². The van der Waals surface area contributed by atoms with Gasteiger partial charge in [-0.1, -0.05) is 0 Å². The van der Waals surface area contributed by atoms with E-state index in [9.17, 15) is 14.7 Å². The molecule has 3 fully saturated rings. The normalized spacial score (nSPS) is 33.1. The highest BCUT2D eigenvalue weighted by atomic mass is 16.6. The van der Waals surface area contributed by atoms with Gasteiger partial charge >= 0.3 is 5.97 Å². The van der Waals surface area contributed by atoms with E-state index >= 15 is 0 Å². The van der Waals surface area contributed by atoms with Gasteiger partial charge in [0.15, 0.2) is 6.10 Å². The van der Waals surface area contributed by atoms with Crippen LogP contribution in [0.25, 0.3) is 0 Å². The number of nitrogens with zero attached hydrogens (tertiary/aromatic N) is 1. The standard InChI is InChI=1S/C11H18N2O4/c12-10(15)5-8(14)11(16)17-9-6-13-3-1-7(9)2-4-13/h7-9,14H,1-6H2,(H2,12,15). The lowest BCUT2D eigenvalue weighted by Gasteiger charge is -2.44. The summed E-state index contributed by atoms with van der Waals surface area (Å²) in [5.74, 6) is -1.05. The molecule has 1 amide bonds. The second-order valence-electron chi connectivity index (χ2n) is 4.80. The summed E-state index contributed by atoms with van der Waals surface area (Å²) in [4.78, 5) is 24.4. The Balaban J connectivity index is 1.84. The monoisotopic (exact) mass is 242 g/mol. The zero-order valence-corrected chi connectivity index (χ0v) is 9.67. The fourth-order valence-corrected chi connectivity index (χ4v) is 2.55. The minimum absolute atomic E-state index is 0.146. The van der Waals surface area contributed by atoms with Gasteiger partial charge < -0.3 is 15.6 Å². The fraction of sp³-hybridized carbons (Fsp3) is 0.818. The first kappa shape index (κ1) is 12.3. The van der Waals surface area contributed by atoms with Gasteiger partial charge in [0, 0.05) is 6.54 Å². The van der Waals surface area contributed by atoms with Gasteiger partial charge in [-0.2, -0.15) is 0 Å². The molecule has 0 aromatic carbocycles. The summed E-state index contributed by atoms with van der Waals surface area (Å²) in [6, 6.07) is 0. The minimum atomic E-state index is -1.43. The summed E-state index contributed by atoms with van der Waals surface area (Å²) in [6.07, 6.45) is 0.115. The summed E-state index contributed by atoms with van der Waals surface area (Å²) >= 11 is 0. The van der Waals surface area contributed by atoms with Crippen LogP contribution in [0.5, 0.6) is 0 Å². The Morgan fingerprint density at radius 1 is 1.41 bits per heavy atom. The average Bonchev–Trinajstić information content (AvgIpc) is 2.29. The predicted octanol–water partition coefficient (Wildman–Crippen LogP) is -1.14. The van der Waals surface area contributed by atoms with Crippen LogP contribution in [0.3, 0.4) is 0 Å². The highest BCUT2D eigenvalue weighted by molar-refractivity contribution is 5.83. The molecule has 6 heteroatoms. The van der Waals surface area contributed by atoms with Gasteiger partial charge in [0.25, 0.3) is 0 Å². The molecule has 0 spiro atoms. The Bertz CT molecular complexity index is 313. The number of carbonyl (C=O) groups is 2. The number of aliphatic hydroxyl groups excluding tert-OH is 1. The molecule has 3 saturated heterocycles. The number of fused-ring (bicyclic) bond motifs is 3. The number of piperidine rings is 3. The number of rotatable bonds is 4. The molecule has 3 aliphatic heterocycles. The number of esters is 1. The molecule has 0 saturated carbocycles. The second kappa shape index (κ2) is 5.01. The summed E-state index contributed by atoms with van der Waals surface area (Å²) in [5.41, 5.74) is 4.91. The number of aliphatic hydroxyl groups is 1. The van der Waals surface area contributed by atoms with Gasteiger partial charge in [0.1, 0.15) is 6.10 Å². The fourth-order valence-electron chi connectivity index (χ4n) is 2.55. The maximum atomic E-state index is 11.5. The molecule has 3 rings (SSSR count). The van der Waals surface area contributed by atoms with Gasteiger partial charge in [-0.15, -0.1) is 0 Å². The molecule has 0 aromatic heterocycles. The van der Waals surface area contributed by atoms with Crippen molar-refractivity contribution >= 4 is 11.9 Å². The molecule has 0 aliphatic carbocycles. The summed E-state index contributed by atoms with van der Waals surface area (Å²) < 4.78 is 5.25. The van der Waals surface area contributed by atoms with E-state index in [0.717, 1.165) is 32.5 Å². The third-order valence-corrected chi connectivity index (χ3v) is 3.53. The lowest BCUT2D eigenvalue weighted by Crippen LogP contribution is -2.52. The maximum absolute atomic E-state index is 11.5. The Morgan fingerprint density at radius 2 is 2.06 bits per heavy atom. The first-order valence-electron chi connectivity index (χ1n) is 5.95. The van der Waals surface area contributed by atoms with Crippen LogP contribution in [0.15, 0.2) is 0 Å². The number of hydrogen-bond donors (Lipinski definition) is 2. The second-order valence-corrected chi connectivity index (χ2v) is 4.80. The first-order chi connectivity index (χ1) is 8.06. The quantitative estimate of drug-likeness (QED) is 0.608. The molecule has 3 heterocycles. The number of primary amides is 1. The van der Waals surface area contributed by atoms with Crippen LogP contribution in [-0.2, 0) is 14.3 Å². The van der Waals surface area contributed by atoms with Crippen LogP contribution in [0, 0.1) is 5.92 Å². The van der Waals surface area contributed by atoms with Crippen LogP contribution in [0.4, 0.5) is 0 Å². The van der Waals surface area contributed by atoms with E-state index in [1.54, 1.807) is 0 Å². The van der Waals surface area contributed by atoms with Crippen molar-refractivity contribution in [2.24, 2.45) is 11.7 Å². The van der Waals surface area contributed by atoms with Crippen molar-refractivity contribution in [3.63, 3.8) is 0 Å². The van der Waals surface area contributed by atoms with E-state index in [1.807, 2.05) is 0 Å². The van der Waals surface area contributed by atoms with E-state index in [1.165, 1.54) is 0 Å². The van der Waals surface area contributed by atoms with Crippen molar-refractivity contribution in [3.05, 3.63) is 0 Å². The first-order valence-corrected chi connectivity index (χ1v) is 5.95. The largest absolute Gasteiger partial charge is 0.459 e. The molecule has 2 unspecified atom stereocenters. The third kappa shape index (κ3) is 2.95.